The van der Waals surface area contributed by atoms with E-state index >= 15 is 0 Å². The van der Waals surface area contributed by atoms with Crippen molar-refractivity contribution in [2.45, 2.75) is 149 Å². The van der Waals surface area contributed by atoms with Crippen LogP contribution in [0.1, 0.15) is 149 Å². The van der Waals surface area contributed by atoms with Gasteiger partial charge < -0.3 is 4.74 Å². The van der Waals surface area contributed by atoms with E-state index in [4.69, 9.17) is 4.74 Å². The molecule has 0 aliphatic carbocycles. The van der Waals surface area contributed by atoms with Crippen molar-refractivity contribution in [2.75, 3.05) is 12.4 Å². The van der Waals surface area contributed by atoms with Gasteiger partial charge in [-0.25, -0.2) is 0 Å². The summed E-state index contributed by atoms with van der Waals surface area (Å²) in [6, 6.07) is 0. The maximum Gasteiger partial charge on any atom is 0.305 e. The molecule has 200 valence electrons. The van der Waals surface area contributed by atoms with Crippen molar-refractivity contribution in [2.24, 2.45) is 5.92 Å². The van der Waals surface area contributed by atoms with E-state index in [0.29, 0.717) is 37.6 Å². The molecule has 0 saturated heterocycles. The van der Waals surface area contributed by atoms with Crippen LogP contribution in [-0.2, 0) is 19.1 Å². The van der Waals surface area contributed by atoms with Gasteiger partial charge in [0.2, 0.25) is 0 Å². The molecule has 1 atom stereocenters. The highest BCUT2D eigenvalue weighted by molar-refractivity contribution is 8.13. The van der Waals surface area contributed by atoms with E-state index in [9.17, 15) is 14.4 Å². The Hall–Kier alpha value is -0.840. The summed E-state index contributed by atoms with van der Waals surface area (Å²) in [5.41, 5.74) is 0. The van der Waals surface area contributed by atoms with E-state index in [-0.39, 0.29) is 11.1 Å². The van der Waals surface area contributed by atoms with Crippen LogP contribution in [-0.4, -0.2) is 29.2 Å². The van der Waals surface area contributed by atoms with Crippen molar-refractivity contribution in [1.82, 2.24) is 0 Å². The Morgan fingerprint density at radius 3 is 1.85 bits per heavy atom. The van der Waals surface area contributed by atoms with Gasteiger partial charge in [0.05, 0.1) is 6.61 Å². The fourth-order valence-corrected chi connectivity index (χ4v) is 4.91. The Morgan fingerprint density at radius 2 is 1.21 bits per heavy atom. The Morgan fingerprint density at radius 1 is 0.647 bits per heavy atom. The highest BCUT2D eigenvalue weighted by Gasteiger charge is 2.12. The molecule has 0 saturated carbocycles. The molecule has 0 fully saturated rings. The zero-order valence-electron chi connectivity index (χ0n) is 22.7. The molecule has 0 aliphatic rings. The maximum atomic E-state index is 12.2. The lowest BCUT2D eigenvalue weighted by Gasteiger charge is -2.16. The summed E-state index contributed by atoms with van der Waals surface area (Å²) in [5.74, 6) is 1.81. The Labute approximate surface area is 215 Å². The highest BCUT2D eigenvalue weighted by Crippen LogP contribution is 2.23. The topological polar surface area (TPSA) is 60.4 Å². The number of unbranched alkanes of at least 4 members (excludes halogenated alkanes) is 10. The second kappa shape index (κ2) is 25.3. The molecular formula is C29H54O4S. The van der Waals surface area contributed by atoms with Crippen LogP contribution >= 0.6 is 11.8 Å². The average Bonchev–Trinajstić information content (AvgIpc) is 2.81. The quantitative estimate of drug-likeness (QED) is 0.0929. The fourth-order valence-electron chi connectivity index (χ4n) is 4.28. The first kappa shape index (κ1) is 33.2. The van der Waals surface area contributed by atoms with Crippen LogP contribution in [0.5, 0.6) is 0 Å². The third kappa shape index (κ3) is 24.3. The van der Waals surface area contributed by atoms with Gasteiger partial charge in [-0.15, -0.1) is 0 Å². The molecule has 0 aromatic rings. The minimum Gasteiger partial charge on any atom is -0.466 e. The van der Waals surface area contributed by atoms with E-state index in [1.54, 1.807) is 6.92 Å². The normalized spacial score (nSPS) is 12.0. The van der Waals surface area contributed by atoms with Crippen molar-refractivity contribution >= 4 is 28.6 Å². The van der Waals surface area contributed by atoms with Gasteiger partial charge in [0.1, 0.15) is 5.78 Å². The monoisotopic (exact) mass is 498 g/mol. The number of hydrogen-bond donors (Lipinski definition) is 0. The molecule has 0 amide bonds. The number of ketones is 1. The first-order valence-corrected chi connectivity index (χ1v) is 15.3. The van der Waals surface area contributed by atoms with Crippen LogP contribution in [0.4, 0.5) is 0 Å². The van der Waals surface area contributed by atoms with Crippen LogP contribution in [0.15, 0.2) is 0 Å². The van der Waals surface area contributed by atoms with E-state index < -0.39 is 0 Å². The number of esters is 1. The van der Waals surface area contributed by atoms with Crippen molar-refractivity contribution in [1.29, 1.82) is 0 Å². The lowest BCUT2D eigenvalue weighted by atomic mass is 9.90. The van der Waals surface area contributed by atoms with Gasteiger partial charge in [0, 0.05) is 31.9 Å². The molecule has 0 aromatic heterocycles. The molecule has 0 N–H and O–H groups in total. The standard InChI is InChI=1S/C29H54O4S/c1-4-6-8-9-13-19-27(18-12-7-5-2)22-23-29(32)33-24-16-10-14-20-28(31)21-15-11-17-25-34-26(3)30/h27H,4-25H2,1-3H3. The molecular weight excluding hydrogens is 444 g/mol. The highest BCUT2D eigenvalue weighted by atomic mass is 32.2. The van der Waals surface area contributed by atoms with Crippen molar-refractivity contribution in [3.8, 4) is 0 Å². The molecule has 0 aliphatic heterocycles. The average molecular weight is 499 g/mol. The third-order valence-corrected chi connectivity index (χ3v) is 7.36. The number of Topliss-reactive ketones (excluding diaryl/α,β-unsaturated/α-hetero) is 1. The van der Waals surface area contributed by atoms with E-state index in [0.717, 1.165) is 50.7 Å². The van der Waals surface area contributed by atoms with Gasteiger partial charge in [-0.05, 0) is 44.4 Å². The van der Waals surface area contributed by atoms with Gasteiger partial charge in [0.15, 0.2) is 5.12 Å². The van der Waals surface area contributed by atoms with E-state index in [1.165, 1.54) is 76.0 Å². The number of carbonyl (C=O) groups is 3. The van der Waals surface area contributed by atoms with E-state index in [2.05, 4.69) is 13.8 Å². The van der Waals surface area contributed by atoms with Crippen LogP contribution < -0.4 is 0 Å². The molecule has 0 aromatic carbocycles. The Bertz CT molecular complexity index is 506. The maximum absolute atomic E-state index is 12.2. The predicted octanol–water partition coefficient (Wildman–Crippen LogP) is 8.84. The van der Waals surface area contributed by atoms with Crippen LogP contribution in [0.3, 0.4) is 0 Å². The second-order valence-electron chi connectivity index (χ2n) is 9.82. The first-order valence-electron chi connectivity index (χ1n) is 14.3. The second-order valence-corrected chi connectivity index (χ2v) is 11.1. The summed E-state index contributed by atoms with van der Waals surface area (Å²) < 4.78 is 5.45. The predicted molar refractivity (Wildman–Crippen MR) is 146 cm³/mol. The number of thioether (sulfide) groups is 1. The van der Waals surface area contributed by atoms with E-state index in [1.807, 2.05) is 0 Å². The molecule has 0 rings (SSSR count). The number of rotatable bonds is 25. The lowest BCUT2D eigenvalue weighted by Crippen LogP contribution is -2.10. The summed E-state index contributed by atoms with van der Waals surface area (Å²) >= 11 is 1.37. The van der Waals surface area contributed by atoms with Crippen molar-refractivity contribution < 1.29 is 19.1 Å². The molecule has 0 spiro atoms. The fraction of sp³-hybridized carbons (Fsp3) is 0.897. The van der Waals surface area contributed by atoms with Crippen molar-refractivity contribution in [3.05, 3.63) is 0 Å². The molecule has 4 nitrogen and oxygen atoms in total. The lowest BCUT2D eigenvalue weighted by molar-refractivity contribution is -0.144. The number of ether oxygens (including phenoxy) is 1. The summed E-state index contributed by atoms with van der Waals surface area (Å²) in [6.07, 6.45) is 21.3. The molecule has 34 heavy (non-hydrogen) atoms. The zero-order chi connectivity index (χ0) is 25.3. The summed E-state index contributed by atoms with van der Waals surface area (Å²) in [7, 11) is 0. The number of hydrogen-bond acceptors (Lipinski definition) is 5. The molecule has 1 unspecified atom stereocenters. The Kier molecular flexibility index (Phi) is 24.6. The van der Waals surface area contributed by atoms with Gasteiger partial charge in [-0.3, -0.25) is 14.4 Å². The Balaban J connectivity index is 3.75. The minimum atomic E-state index is -0.0505. The summed E-state index contributed by atoms with van der Waals surface area (Å²) in [6.45, 7) is 6.57. The van der Waals surface area contributed by atoms with Crippen molar-refractivity contribution in [3.63, 3.8) is 0 Å². The third-order valence-electron chi connectivity index (χ3n) is 6.46. The van der Waals surface area contributed by atoms with Gasteiger partial charge >= 0.3 is 5.97 Å². The summed E-state index contributed by atoms with van der Waals surface area (Å²) in [4.78, 5) is 35.0. The summed E-state index contributed by atoms with van der Waals surface area (Å²) in [5, 5.41) is 0.168. The van der Waals surface area contributed by atoms with Crippen LogP contribution in [0, 0.1) is 5.92 Å². The van der Waals surface area contributed by atoms with Crippen LogP contribution in [0.2, 0.25) is 0 Å². The molecule has 0 bridgehead atoms. The van der Waals surface area contributed by atoms with Gasteiger partial charge in [-0.2, -0.15) is 0 Å². The number of carbonyl (C=O) groups excluding carboxylic acids is 3. The first-order chi connectivity index (χ1) is 16.5. The minimum absolute atomic E-state index is 0.0505. The molecule has 5 heteroatoms. The molecule has 0 radical (unpaired) electrons. The SMILES string of the molecule is CCCCCCCC(CCCCC)CCC(=O)OCCCCCC(=O)CCCCCSC(C)=O. The largest absolute Gasteiger partial charge is 0.466 e. The van der Waals surface area contributed by atoms with Gasteiger partial charge in [0.25, 0.3) is 0 Å². The van der Waals surface area contributed by atoms with Crippen LogP contribution in [0.25, 0.3) is 0 Å². The smallest absolute Gasteiger partial charge is 0.305 e. The van der Waals surface area contributed by atoms with Gasteiger partial charge in [-0.1, -0.05) is 96.2 Å². The zero-order valence-corrected chi connectivity index (χ0v) is 23.5. The molecule has 0 heterocycles.